The molecule has 1 aliphatic heterocycles. The van der Waals surface area contributed by atoms with Crippen molar-refractivity contribution in [2.24, 2.45) is 0 Å². The minimum Gasteiger partial charge on any atom is -0.368 e. The van der Waals surface area contributed by atoms with Gasteiger partial charge in [-0.25, -0.2) is 4.98 Å². The molecule has 2 N–H and O–H groups in total. The van der Waals surface area contributed by atoms with E-state index < -0.39 is 0 Å². The monoisotopic (exact) mass is 366 g/mol. The van der Waals surface area contributed by atoms with Crippen molar-refractivity contribution in [3.63, 3.8) is 0 Å². The molecule has 5 heteroatoms. The van der Waals surface area contributed by atoms with E-state index >= 15 is 0 Å². The molecule has 0 saturated carbocycles. The molecule has 1 aliphatic rings. The molecule has 0 bridgehead atoms. The van der Waals surface area contributed by atoms with Crippen LogP contribution in [0.25, 0.3) is 0 Å². The number of hydrogen-bond acceptors (Lipinski definition) is 4. The molecular formula is C22H30N4O. The Hall–Kier alpha value is -2.40. The summed E-state index contributed by atoms with van der Waals surface area (Å²) in [6.07, 6.45) is 7.06. The lowest BCUT2D eigenvalue weighted by Gasteiger charge is -2.19. The zero-order valence-corrected chi connectivity index (χ0v) is 16.2. The van der Waals surface area contributed by atoms with Crippen molar-refractivity contribution in [3.05, 3.63) is 59.3 Å². The van der Waals surface area contributed by atoms with Crippen LogP contribution in [0.2, 0.25) is 0 Å². The molecule has 2 aromatic rings. The van der Waals surface area contributed by atoms with Crippen LogP contribution in [0.3, 0.4) is 0 Å². The largest absolute Gasteiger partial charge is 0.368 e. The molecule has 0 spiro atoms. The lowest BCUT2D eigenvalue weighted by atomic mass is 10.1. The highest BCUT2D eigenvalue weighted by molar-refractivity contribution is 5.94. The molecular weight excluding hydrogens is 336 g/mol. The zero-order valence-electron chi connectivity index (χ0n) is 16.2. The topological polar surface area (TPSA) is 57.3 Å². The number of likely N-dealkylation sites (tertiary alicyclic amines) is 1. The summed E-state index contributed by atoms with van der Waals surface area (Å²) in [5, 5.41) is 6.21. The van der Waals surface area contributed by atoms with E-state index in [4.69, 9.17) is 0 Å². The Morgan fingerprint density at radius 3 is 2.48 bits per heavy atom. The molecule has 3 rings (SSSR count). The van der Waals surface area contributed by atoms with Gasteiger partial charge in [0.2, 0.25) is 0 Å². The van der Waals surface area contributed by atoms with Crippen LogP contribution < -0.4 is 10.6 Å². The molecule has 2 heterocycles. The van der Waals surface area contributed by atoms with Gasteiger partial charge in [-0.1, -0.05) is 31.0 Å². The third kappa shape index (κ3) is 6.07. The summed E-state index contributed by atoms with van der Waals surface area (Å²) in [5.74, 6) is 0.834. The molecule has 1 amide bonds. The molecule has 0 radical (unpaired) electrons. The van der Waals surface area contributed by atoms with Gasteiger partial charge in [-0.2, -0.15) is 0 Å². The van der Waals surface area contributed by atoms with Gasteiger partial charge in [0, 0.05) is 31.4 Å². The van der Waals surface area contributed by atoms with Crippen molar-refractivity contribution in [2.45, 2.75) is 39.2 Å². The van der Waals surface area contributed by atoms with Gasteiger partial charge in [0.25, 0.3) is 5.91 Å². The van der Waals surface area contributed by atoms with Gasteiger partial charge < -0.3 is 10.6 Å². The SMILES string of the molecule is Cc1cccnc1NCCNC(=O)c1ccc(CN2CCCCCC2)cc1. The van der Waals surface area contributed by atoms with Crippen molar-refractivity contribution in [3.8, 4) is 0 Å². The van der Waals surface area contributed by atoms with Crippen LogP contribution in [0, 0.1) is 6.92 Å². The number of pyridine rings is 1. The number of rotatable bonds is 7. The molecule has 1 fully saturated rings. The van der Waals surface area contributed by atoms with E-state index in [1.54, 1.807) is 6.20 Å². The third-order valence-corrected chi connectivity index (χ3v) is 5.03. The standard InChI is InChI=1S/C22H30N4O/c1-18-7-6-12-23-21(18)24-13-14-25-22(27)20-10-8-19(9-11-20)17-26-15-4-2-3-5-16-26/h6-12H,2-5,13-17H2,1H3,(H,23,24)(H,25,27). The third-order valence-electron chi connectivity index (χ3n) is 5.03. The van der Waals surface area contributed by atoms with Gasteiger partial charge in [-0.05, 0) is 62.2 Å². The van der Waals surface area contributed by atoms with Crippen LogP contribution >= 0.6 is 0 Å². The zero-order chi connectivity index (χ0) is 18.9. The van der Waals surface area contributed by atoms with E-state index in [1.165, 1.54) is 44.3 Å². The molecule has 0 aliphatic carbocycles. The van der Waals surface area contributed by atoms with Crippen LogP contribution in [0.4, 0.5) is 5.82 Å². The van der Waals surface area contributed by atoms with Crippen LogP contribution in [-0.4, -0.2) is 42.0 Å². The second-order valence-corrected chi connectivity index (χ2v) is 7.24. The van der Waals surface area contributed by atoms with E-state index in [0.717, 1.165) is 17.9 Å². The summed E-state index contributed by atoms with van der Waals surface area (Å²) < 4.78 is 0. The summed E-state index contributed by atoms with van der Waals surface area (Å²) in [7, 11) is 0. The number of nitrogens with one attached hydrogen (secondary N) is 2. The Bertz CT molecular complexity index is 721. The average Bonchev–Trinajstić information content (AvgIpc) is 2.95. The predicted molar refractivity (Wildman–Crippen MR) is 110 cm³/mol. The Morgan fingerprint density at radius 2 is 1.78 bits per heavy atom. The number of benzene rings is 1. The van der Waals surface area contributed by atoms with Crippen LogP contribution in [0.15, 0.2) is 42.6 Å². The van der Waals surface area contributed by atoms with Crippen molar-refractivity contribution in [1.82, 2.24) is 15.2 Å². The number of carbonyl (C=O) groups is 1. The van der Waals surface area contributed by atoms with Crippen molar-refractivity contribution in [1.29, 1.82) is 0 Å². The molecule has 1 aromatic heterocycles. The maximum Gasteiger partial charge on any atom is 0.251 e. The fraction of sp³-hybridized carbons (Fsp3) is 0.455. The first-order chi connectivity index (χ1) is 13.2. The molecule has 0 unspecified atom stereocenters. The molecule has 27 heavy (non-hydrogen) atoms. The average molecular weight is 367 g/mol. The summed E-state index contributed by atoms with van der Waals surface area (Å²) in [4.78, 5) is 19.1. The Kier molecular flexibility index (Phi) is 7.22. The number of carbonyl (C=O) groups excluding carboxylic acids is 1. The van der Waals surface area contributed by atoms with Crippen LogP contribution in [0.1, 0.15) is 47.2 Å². The number of hydrogen-bond donors (Lipinski definition) is 2. The summed E-state index contributed by atoms with van der Waals surface area (Å²) in [6.45, 7) is 6.58. The minimum atomic E-state index is -0.0316. The lowest BCUT2D eigenvalue weighted by Crippen LogP contribution is -2.29. The van der Waals surface area contributed by atoms with Crippen LogP contribution in [-0.2, 0) is 6.54 Å². The Morgan fingerprint density at radius 1 is 1.04 bits per heavy atom. The summed E-state index contributed by atoms with van der Waals surface area (Å²) in [5.41, 5.74) is 3.09. The van der Waals surface area contributed by atoms with Gasteiger partial charge in [-0.15, -0.1) is 0 Å². The first-order valence-electron chi connectivity index (χ1n) is 9.97. The number of aryl methyl sites for hydroxylation is 1. The lowest BCUT2D eigenvalue weighted by molar-refractivity contribution is 0.0955. The fourth-order valence-corrected chi connectivity index (χ4v) is 3.44. The quantitative estimate of drug-likeness (QED) is 0.735. The molecule has 144 valence electrons. The minimum absolute atomic E-state index is 0.0316. The van der Waals surface area contributed by atoms with Crippen molar-refractivity contribution >= 4 is 11.7 Å². The summed E-state index contributed by atoms with van der Waals surface area (Å²) >= 11 is 0. The van der Waals surface area contributed by atoms with E-state index in [0.29, 0.717) is 18.7 Å². The first-order valence-corrected chi connectivity index (χ1v) is 9.97. The number of anilines is 1. The normalized spacial score (nSPS) is 15.1. The number of amides is 1. The van der Waals surface area contributed by atoms with Gasteiger partial charge in [0.05, 0.1) is 0 Å². The second-order valence-electron chi connectivity index (χ2n) is 7.24. The van der Waals surface area contributed by atoms with Gasteiger partial charge in [0.15, 0.2) is 0 Å². The van der Waals surface area contributed by atoms with Gasteiger partial charge >= 0.3 is 0 Å². The first kappa shape index (κ1) is 19.4. The highest BCUT2D eigenvalue weighted by atomic mass is 16.1. The maximum absolute atomic E-state index is 12.3. The maximum atomic E-state index is 12.3. The fourth-order valence-electron chi connectivity index (χ4n) is 3.44. The highest BCUT2D eigenvalue weighted by Gasteiger charge is 2.10. The predicted octanol–water partition coefficient (Wildman–Crippen LogP) is 3.61. The Labute approximate surface area is 162 Å². The Balaban J connectivity index is 1.42. The van der Waals surface area contributed by atoms with Crippen molar-refractivity contribution < 1.29 is 4.79 Å². The van der Waals surface area contributed by atoms with E-state index in [2.05, 4.69) is 32.7 Å². The van der Waals surface area contributed by atoms with E-state index in [1.807, 2.05) is 31.2 Å². The second kappa shape index (κ2) is 10.1. The number of nitrogens with zero attached hydrogens (tertiary/aromatic N) is 2. The molecule has 5 nitrogen and oxygen atoms in total. The summed E-state index contributed by atoms with van der Waals surface area (Å²) in [6, 6.07) is 11.9. The van der Waals surface area contributed by atoms with Gasteiger partial charge in [0.1, 0.15) is 5.82 Å². The van der Waals surface area contributed by atoms with E-state index in [-0.39, 0.29) is 5.91 Å². The molecule has 0 atom stereocenters. The number of aromatic nitrogens is 1. The van der Waals surface area contributed by atoms with E-state index in [9.17, 15) is 4.79 Å². The van der Waals surface area contributed by atoms with Crippen molar-refractivity contribution in [2.75, 3.05) is 31.5 Å². The molecule has 1 saturated heterocycles. The van der Waals surface area contributed by atoms with Crippen LogP contribution in [0.5, 0.6) is 0 Å². The smallest absolute Gasteiger partial charge is 0.251 e. The highest BCUT2D eigenvalue weighted by Crippen LogP contribution is 2.14. The van der Waals surface area contributed by atoms with Gasteiger partial charge in [-0.3, -0.25) is 9.69 Å². The molecule has 1 aromatic carbocycles.